The van der Waals surface area contributed by atoms with Gasteiger partial charge in [-0.3, -0.25) is 0 Å². The third kappa shape index (κ3) is 4.62. The fourth-order valence-electron chi connectivity index (χ4n) is 1.68. The molecular weight excluding hydrogens is 216 g/mol. The summed E-state index contributed by atoms with van der Waals surface area (Å²) in [6.45, 7) is 9.93. The molecule has 0 bridgehead atoms. The fourth-order valence-corrected chi connectivity index (χ4v) is 2.55. The van der Waals surface area contributed by atoms with Crippen LogP contribution in [0.2, 0.25) is 0 Å². The maximum absolute atomic E-state index is 4.63. The minimum Gasteiger partial charge on any atom is -0.314 e. The Bertz CT molecular complexity index is 294. The first kappa shape index (κ1) is 13.7. The summed E-state index contributed by atoms with van der Waals surface area (Å²) in [5, 5.41) is 6.99. The molecule has 0 aliphatic rings. The summed E-state index contributed by atoms with van der Waals surface area (Å²) in [5.41, 5.74) is 1.24. The second-order valence-electron chi connectivity index (χ2n) is 4.73. The smallest absolute Gasteiger partial charge is 0.0953 e. The van der Waals surface area contributed by atoms with Crippen LogP contribution >= 0.6 is 11.3 Å². The van der Waals surface area contributed by atoms with E-state index >= 15 is 0 Å². The van der Waals surface area contributed by atoms with E-state index in [1.165, 1.54) is 23.5 Å². The molecule has 0 saturated heterocycles. The summed E-state index contributed by atoms with van der Waals surface area (Å²) in [7, 11) is 0. The first-order valence-corrected chi connectivity index (χ1v) is 7.19. The van der Waals surface area contributed by atoms with Crippen molar-refractivity contribution in [3.63, 3.8) is 0 Å². The largest absolute Gasteiger partial charge is 0.314 e. The molecule has 1 aromatic heterocycles. The lowest BCUT2D eigenvalue weighted by molar-refractivity contribution is 0.510. The van der Waals surface area contributed by atoms with Crippen molar-refractivity contribution in [3.8, 4) is 0 Å². The van der Waals surface area contributed by atoms with Gasteiger partial charge in [0.15, 0.2) is 0 Å². The second kappa shape index (κ2) is 7.02. The highest BCUT2D eigenvalue weighted by molar-refractivity contribution is 7.09. The van der Waals surface area contributed by atoms with Crippen molar-refractivity contribution < 1.29 is 0 Å². The highest BCUT2D eigenvalue weighted by atomic mass is 32.1. The molecule has 0 radical (unpaired) electrons. The van der Waals surface area contributed by atoms with Crippen LogP contribution in [0.4, 0.5) is 0 Å². The van der Waals surface area contributed by atoms with Gasteiger partial charge in [-0.25, -0.2) is 4.98 Å². The van der Waals surface area contributed by atoms with Gasteiger partial charge in [0.2, 0.25) is 0 Å². The van der Waals surface area contributed by atoms with E-state index in [4.69, 9.17) is 0 Å². The molecule has 0 aromatic carbocycles. The van der Waals surface area contributed by atoms with Gasteiger partial charge in [0.1, 0.15) is 0 Å². The number of aromatic nitrogens is 1. The number of nitrogens with zero attached hydrogens (tertiary/aromatic N) is 1. The number of hydrogen-bond donors (Lipinski definition) is 1. The fraction of sp³-hybridized carbons (Fsp3) is 0.769. The Balaban J connectivity index is 2.26. The van der Waals surface area contributed by atoms with Gasteiger partial charge < -0.3 is 5.32 Å². The number of nitrogens with one attached hydrogen (secondary N) is 1. The average Bonchev–Trinajstić information content (AvgIpc) is 2.67. The van der Waals surface area contributed by atoms with Gasteiger partial charge in [-0.2, -0.15) is 0 Å². The van der Waals surface area contributed by atoms with Crippen LogP contribution in [0.3, 0.4) is 0 Å². The molecule has 1 atom stereocenters. The van der Waals surface area contributed by atoms with Crippen molar-refractivity contribution in [1.29, 1.82) is 0 Å². The van der Waals surface area contributed by atoms with E-state index in [0.717, 1.165) is 13.0 Å². The number of hydrogen-bond acceptors (Lipinski definition) is 3. The van der Waals surface area contributed by atoms with Crippen molar-refractivity contribution in [2.45, 2.75) is 58.9 Å². The molecule has 0 saturated carbocycles. The Hall–Kier alpha value is -0.410. The van der Waals surface area contributed by atoms with E-state index in [0.29, 0.717) is 12.0 Å². The van der Waals surface area contributed by atoms with E-state index in [9.17, 15) is 0 Å². The van der Waals surface area contributed by atoms with Gasteiger partial charge in [-0.15, -0.1) is 11.3 Å². The molecule has 1 rings (SSSR count). The molecule has 0 aliphatic carbocycles. The van der Waals surface area contributed by atoms with E-state index < -0.39 is 0 Å². The van der Waals surface area contributed by atoms with Crippen LogP contribution in [0.15, 0.2) is 5.38 Å². The van der Waals surface area contributed by atoms with Crippen LogP contribution in [0, 0.1) is 0 Å². The Kier molecular flexibility index (Phi) is 5.99. The first-order chi connectivity index (χ1) is 7.63. The maximum Gasteiger partial charge on any atom is 0.0953 e. The van der Waals surface area contributed by atoms with E-state index in [1.54, 1.807) is 11.3 Å². The van der Waals surface area contributed by atoms with Crippen molar-refractivity contribution >= 4 is 11.3 Å². The minimum atomic E-state index is 0.561. The van der Waals surface area contributed by atoms with Gasteiger partial charge in [-0.1, -0.05) is 27.2 Å². The van der Waals surface area contributed by atoms with Crippen molar-refractivity contribution in [3.05, 3.63) is 16.1 Å². The van der Waals surface area contributed by atoms with Crippen molar-refractivity contribution in [2.75, 3.05) is 6.54 Å². The summed E-state index contributed by atoms with van der Waals surface area (Å²) in [5.74, 6) is 0.561. The third-order valence-electron chi connectivity index (χ3n) is 2.66. The van der Waals surface area contributed by atoms with E-state index in [1.807, 2.05) is 0 Å². The van der Waals surface area contributed by atoms with Crippen molar-refractivity contribution in [2.24, 2.45) is 0 Å². The SMILES string of the molecule is CCCC(C)NCCc1csc(C(C)C)n1. The Morgan fingerprint density at radius 3 is 2.69 bits per heavy atom. The quantitative estimate of drug-likeness (QED) is 0.788. The standard InChI is InChI=1S/C13H24N2S/c1-5-6-11(4)14-8-7-12-9-16-13(15-12)10(2)3/h9-11,14H,5-8H2,1-4H3. The van der Waals surface area contributed by atoms with Crippen LogP contribution in [-0.2, 0) is 6.42 Å². The number of thiazole rings is 1. The van der Waals surface area contributed by atoms with Gasteiger partial charge in [0, 0.05) is 30.3 Å². The molecule has 1 unspecified atom stereocenters. The summed E-state index contributed by atoms with van der Waals surface area (Å²) in [6.07, 6.45) is 3.56. The summed E-state index contributed by atoms with van der Waals surface area (Å²) < 4.78 is 0. The predicted octanol–water partition coefficient (Wildman–Crippen LogP) is 3.59. The molecule has 0 amide bonds. The monoisotopic (exact) mass is 240 g/mol. The van der Waals surface area contributed by atoms with Crippen LogP contribution in [0.25, 0.3) is 0 Å². The van der Waals surface area contributed by atoms with Crippen LogP contribution in [0.5, 0.6) is 0 Å². The lowest BCUT2D eigenvalue weighted by Crippen LogP contribution is -2.27. The minimum absolute atomic E-state index is 0.561. The highest BCUT2D eigenvalue weighted by Gasteiger charge is 2.06. The molecular formula is C13H24N2S. The average molecular weight is 240 g/mol. The highest BCUT2D eigenvalue weighted by Crippen LogP contribution is 2.19. The van der Waals surface area contributed by atoms with Gasteiger partial charge in [-0.05, 0) is 13.3 Å². The summed E-state index contributed by atoms with van der Waals surface area (Å²) in [4.78, 5) is 4.63. The number of rotatable bonds is 7. The molecule has 1 N–H and O–H groups in total. The second-order valence-corrected chi connectivity index (χ2v) is 5.62. The molecule has 3 heteroatoms. The molecule has 92 valence electrons. The molecule has 0 spiro atoms. The molecule has 0 fully saturated rings. The lowest BCUT2D eigenvalue weighted by Gasteiger charge is -2.11. The third-order valence-corrected chi connectivity index (χ3v) is 3.85. The van der Waals surface area contributed by atoms with E-state index in [-0.39, 0.29) is 0 Å². The molecule has 0 aliphatic heterocycles. The van der Waals surface area contributed by atoms with Gasteiger partial charge in [0.25, 0.3) is 0 Å². The Morgan fingerprint density at radius 2 is 2.12 bits per heavy atom. The molecule has 1 aromatic rings. The normalized spacial score (nSPS) is 13.3. The van der Waals surface area contributed by atoms with Crippen LogP contribution in [0.1, 0.15) is 57.2 Å². The van der Waals surface area contributed by atoms with Crippen LogP contribution in [-0.4, -0.2) is 17.6 Å². The zero-order valence-electron chi connectivity index (χ0n) is 10.9. The van der Waals surface area contributed by atoms with Gasteiger partial charge in [0.05, 0.1) is 10.7 Å². The maximum atomic E-state index is 4.63. The van der Waals surface area contributed by atoms with Gasteiger partial charge >= 0.3 is 0 Å². The zero-order valence-corrected chi connectivity index (χ0v) is 11.7. The molecule has 1 heterocycles. The Labute approximate surface area is 103 Å². The Morgan fingerprint density at radius 1 is 1.38 bits per heavy atom. The summed E-state index contributed by atoms with van der Waals surface area (Å²) in [6, 6.07) is 0.633. The first-order valence-electron chi connectivity index (χ1n) is 6.31. The molecule has 2 nitrogen and oxygen atoms in total. The molecule has 16 heavy (non-hydrogen) atoms. The van der Waals surface area contributed by atoms with Crippen LogP contribution < -0.4 is 5.32 Å². The zero-order chi connectivity index (χ0) is 12.0. The van der Waals surface area contributed by atoms with Crippen molar-refractivity contribution in [1.82, 2.24) is 10.3 Å². The van der Waals surface area contributed by atoms with E-state index in [2.05, 4.69) is 43.4 Å². The predicted molar refractivity (Wildman–Crippen MR) is 72.3 cm³/mol. The summed E-state index contributed by atoms with van der Waals surface area (Å²) >= 11 is 1.79. The lowest BCUT2D eigenvalue weighted by atomic mass is 10.2. The topological polar surface area (TPSA) is 24.9 Å².